The number of anilines is 1. The van der Waals surface area contributed by atoms with Gasteiger partial charge in [0.15, 0.2) is 0 Å². The molecule has 116 valence electrons. The molecule has 0 saturated heterocycles. The van der Waals surface area contributed by atoms with Crippen molar-refractivity contribution in [2.45, 2.75) is 44.8 Å². The van der Waals surface area contributed by atoms with Crippen LogP contribution in [0.1, 0.15) is 44.3 Å². The van der Waals surface area contributed by atoms with Gasteiger partial charge in [0.25, 0.3) is 5.69 Å². The first-order valence-corrected chi connectivity index (χ1v) is 7.38. The van der Waals surface area contributed by atoms with E-state index in [0.717, 1.165) is 19.3 Å². The normalized spacial score (nSPS) is 16.3. The number of hydrogen-bond acceptors (Lipinski definition) is 5. The standard InChI is InChI=1S/C15H22N2O4/c1-11(19)12-6-7-14(15(10-12)17(20)21)16(8-3-9-18)13-4-2-5-13/h6-7,10-11,13,18-19H,2-5,8-9H2,1H3/t11-/m0/s1. The second-order valence-corrected chi connectivity index (χ2v) is 5.54. The Morgan fingerprint density at radius 2 is 2.19 bits per heavy atom. The third-order valence-electron chi connectivity index (χ3n) is 4.06. The van der Waals surface area contributed by atoms with Gasteiger partial charge in [-0.05, 0) is 44.2 Å². The highest BCUT2D eigenvalue weighted by molar-refractivity contribution is 5.65. The first-order valence-electron chi connectivity index (χ1n) is 7.38. The molecule has 1 saturated carbocycles. The molecule has 2 rings (SSSR count). The zero-order chi connectivity index (χ0) is 15.4. The molecular weight excluding hydrogens is 272 g/mol. The van der Waals surface area contributed by atoms with Gasteiger partial charge in [-0.3, -0.25) is 10.1 Å². The van der Waals surface area contributed by atoms with Gasteiger partial charge in [0, 0.05) is 25.3 Å². The number of rotatable bonds is 7. The number of benzene rings is 1. The molecule has 0 amide bonds. The van der Waals surface area contributed by atoms with E-state index in [1.54, 1.807) is 19.1 Å². The zero-order valence-corrected chi connectivity index (χ0v) is 12.2. The van der Waals surface area contributed by atoms with Gasteiger partial charge in [-0.1, -0.05) is 6.07 Å². The van der Waals surface area contributed by atoms with Crippen LogP contribution >= 0.6 is 0 Å². The van der Waals surface area contributed by atoms with E-state index in [2.05, 4.69) is 0 Å². The molecule has 0 aliphatic heterocycles. The number of nitrogens with zero attached hydrogens (tertiary/aromatic N) is 2. The first kappa shape index (κ1) is 15.7. The predicted molar refractivity (Wildman–Crippen MR) is 80.4 cm³/mol. The maximum absolute atomic E-state index is 11.4. The molecule has 1 atom stereocenters. The quantitative estimate of drug-likeness (QED) is 0.595. The Hall–Kier alpha value is -1.66. The lowest BCUT2D eigenvalue weighted by Gasteiger charge is -2.39. The molecule has 0 radical (unpaired) electrons. The largest absolute Gasteiger partial charge is 0.396 e. The van der Waals surface area contributed by atoms with Gasteiger partial charge >= 0.3 is 0 Å². The Morgan fingerprint density at radius 1 is 1.48 bits per heavy atom. The van der Waals surface area contributed by atoms with E-state index >= 15 is 0 Å². The van der Waals surface area contributed by atoms with Crippen LogP contribution in [-0.2, 0) is 0 Å². The van der Waals surface area contributed by atoms with E-state index in [1.807, 2.05) is 4.90 Å². The summed E-state index contributed by atoms with van der Waals surface area (Å²) in [6.07, 6.45) is 3.06. The third-order valence-corrected chi connectivity index (χ3v) is 4.06. The summed E-state index contributed by atoms with van der Waals surface area (Å²) < 4.78 is 0. The fourth-order valence-corrected chi connectivity index (χ4v) is 2.63. The molecule has 6 nitrogen and oxygen atoms in total. The highest BCUT2D eigenvalue weighted by Crippen LogP contribution is 2.36. The lowest BCUT2D eigenvalue weighted by Crippen LogP contribution is -2.41. The molecule has 0 heterocycles. The monoisotopic (exact) mass is 294 g/mol. The number of aliphatic hydroxyl groups is 2. The van der Waals surface area contributed by atoms with Crippen LogP contribution in [0.3, 0.4) is 0 Å². The second kappa shape index (κ2) is 6.87. The van der Waals surface area contributed by atoms with Gasteiger partial charge in [-0.25, -0.2) is 0 Å². The molecule has 1 aliphatic rings. The van der Waals surface area contributed by atoms with E-state index in [9.17, 15) is 15.2 Å². The van der Waals surface area contributed by atoms with E-state index in [1.165, 1.54) is 6.07 Å². The van der Waals surface area contributed by atoms with Gasteiger partial charge in [0.1, 0.15) is 5.69 Å². The maximum atomic E-state index is 11.4. The third kappa shape index (κ3) is 3.51. The predicted octanol–water partition coefficient (Wildman–Crippen LogP) is 2.39. The maximum Gasteiger partial charge on any atom is 0.292 e. The van der Waals surface area contributed by atoms with Gasteiger partial charge in [-0.15, -0.1) is 0 Å². The number of nitro groups is 1. The fourth-order valence-electron chi connectivity index (χ4n) is 2.63. The van der Waals surface area contributed by atoms with Crippen LogP contribution in [0, 0.1) is 10.1 Å². The molecule has 21 heavy (non-hydrogen) atoms. The van der Waals surface area contributed by atoms with Crippen LogP contribution in [0.5, 0.6) is 0 Å². The van der Waals surface area contributed by atoms with Crippen molar-refractivity contribution in [1.82, 2.24) is 0 Å². The molecule has 1 fully saturated rings. The van der Waals surface area contributed by atoms with Crippen molar-refractivity contribution in [3.8, 4) is 0 Å². The fraction of sp³-hybridized carbons (Fsp3) is 0.600. The van der Waals surface area contributed by atoms with Gasteiger partial charge in [0.2, 0.25) is 0 Å². The van der Waals surface area contributed by atoms with E-state index in [0.29, 0.717) is 30.3 Å². The van der Waals surface area contributed by atoms with Gasteiger partial charge < -0.3 is 15.1 Å². The molecular formula is C15H22N2O4. The number of nitro benzene ring substituents is 1. The molecule has 0 spiro atoms. The number of hydrogen-bond donors (Lipinski definition) is 2. The summed E-state index contributed by atoms with van der Waals surface area (Å²) in [7, 11) is 0. The summed E-state index contributed by atoms with van der Waals surface area (Å²) in [5, 5.41) is 30.0. The molecule has 6 heteroatoms. The second-order valence-electron chi connectivity index (χ2n) is 5.54. The molecule has 0 aromatic heterocycles. The zero-order valence-electron chi connectivity index (χ0n) is 12.2. The van der Waals surface area contributed by atoms with Crippen molar-refractivity contribution < 1.29 is 15.1 Å². The Morgan fingerprint density at radius 3 is 2.67 bits per heavy atom. The molecule has 2 N–H and O–H groups in total. The lowest BCUT2D eigenvalue weighted by atomic mass is 9.90. The van der Waals surface area contributed by atoms with Crippen molar-refractivity contribution in [3.63, 3.8) is 0 Å². The summed E-state index contributed by atoms with van der Waals surface area (Å²) in [5.41, 5.74) is 1.15. The highest BCUT2D eigenvalue weighted by atomic mass is 16.6. The smallest absolute Gasteiger partial charge is 0.292 e. The lowest BCUT2D eigenvalue weighted by molar-refractivity contribution is -0.384. The van der Waals surface area contributed by atoms with Crippen LogP contribution < -0.4 is 4.90 Å². The minimum absolute atomic E-state index is 0.0261. The van der Waals surface area contributed by atoms with E-state index in [4.69, 9.17) is 5.11 Å². The Kier molecular flexibility index (Phi) is 5.14. The summed E-state index contributed by atoms with van der Waals surface area (Å²) in [5.74, 6) is 0. The summed E-state index contributed by atoms with van der Waals surface area (Å²) in [4.78, 5) is 13.0. The van der Waals surface area contributed by atoms with Gasteiger partial charge in [0.05, 0.1) is 11.0 Å². The first-order chi connectivity index (χ1) is 10.0. The molecule has 0 bridgehead atoms. The van der Waals surface area contributed by atoms with E-state index < -0.39 is 11.0 Å². The number of aliphatic hydroxyl groups excluding tert-OH is 2. The van der Waals surface area contributed by atoms with Crippen LogP contribution in [-0.4, -0.2) is 34.3 Å². The topological polar surface area (TPSA) is 86.8 Å². The average Bonchev–Trinajstić information content (AvgIpc) is 2.40. The van der Waals surface area contributed by atoms with Gasteiger partial charge in [-0.2, -0.15) is 0 Å². The molecule has 1 aromatic rings. The summed E-state index contributed by atoms with van der Waals surface area (Å²) in [6, 6.07) is 5.21. The van der Waals surface area contributed by atoms with Crippen LogP contribution in [0.15, 0.2) is 18.2 Å². The average molecular weight is 294 g/mol. The summed E-state index contributed by atoms with van der Waals surface area (Å²) >= 11 is 0. The Bertz CT molecular complexity index is 500. The van der Waals surface area contributed by atoms with Crippen LogP contribution in [0.25, 0.3) is 0 Å². The van der Waals surface area contributed by atoms with Crippen molar-refractivity contribution in [2.75, 3.05) is 18.1 Å². The van der Waals surface area contributed by atoms with Crippen LogP contribution in [0.2, 0.25) is 0 Å². The summed E-state index contributed by atoms with van der Waals surface area (Å²) in [6.45, 7) is 2.27. The highest BCUT2D eigenvalue weighted by Gasteiger charge is 2.29. The molecule has 1 aromatic carbocycles. The minimum atomic E-state index is -0.729. The van der Waals surface area contributed by atoms with Crippen LogP contribution in [0.4, 0.5) is 11.4 Å². The van der Waals surface area contributed by atoms with Crippen molar-refractivity contribution in [1.29, 1.82) is 0 Å². The molecule has 0 unspecified atom stereocenters. The van der Waals surface area contributed by atoms with E-state index in [-0.39, 0.29) is 12.3 Å². The van der Waals surface area contributed by atoms with Crippen molar-refractivity contribution >= 4 is 11.4 Å². The Labute approximate surface area is 124 Å². The molecule has 1 aliphatic carbocycles. The Balaban J connectivity index is 2.35. The van der Waals surface area contributed by atoms with Crippen molar-refractivity contribution in [3.05, 3.63) is 33.9 Å². The minimum Gasteiger partial charge on any atom is -0.396 e. The van der Waals surface area contributed by atoms with Crippen molar-refractivity contribution in [2.24, 2.45) is 0 Å². The SMILES string of the molecule is C[C@H](O)c1ccc(N(CCCO)C2CCC2)c([N+](=O)[O-])c1.